The molecule has 0 amide bonds. The second kappa shape index (κ2) is 8.96. The molecule has 8 nitrogen and oxygen atoms in total. The molecule has 0 fully saturated rings. The van der Waals surface area contributed by atoms with Crippen LogP contribution in [0, 0.1) is 0 Å². The fraction of sp³-hybridized carbons (Fsp3) is 0.391. The Bertz CT molecular complexity index is 1220. The Morgan fingerprint density at radius 3 is 2.59 bits per heavy atom. The van der Waals surface area contributed by atoms with Gasteiger partial charge in [0.05, 0.1) is 12.2 Å². The Hall–Kier alpha value is -3.63. The minimum Gasteiger partial charge on any atom is -0.402 e. The van der Waals surface area contributed by atoms with E-state index in [2.05, 4.69) is 30.8 Å². The van der Waals surface area contributed by atoms with Crippen molar-refractivity contribution in [3.05, 3.63) is 53.4 Å². The number of hydrogen-bond acceptors (Lipinski definition) is 7. The van der Waals surface area contributed by atoms with E-state index in [-0.39, 0.29) is 17.3 Å². The summed E-state index contributed by atoms with van der Waals surface area (Å²) < 4.78 is 44.2. The predicted octanol–water partition coefficient (Wildman–Crippen LogP) is 5.60. The van der Waals surface area contributed by atoms with Gasteiger partial charge in [0.2, 0.25) is 0 Å². The largest absolute Gasteiger partial charge is 0.405 e. The van der Waals surface area contributed by atoms with Gasteiger partial charge in [-0.15, -0.1) is 5.10 Å². The van der Waals surface area contributed by atoms with Crippen molar-refractivity contribution in [1.29, 1.82) is 0 Å². The van der Waals surface area contributed by atoms with E-state index in [4.69, 9.17) is 9.41 Å². The zero-order chi connectivity index (χ0) is 24.5. The van der Waals surface area contributed by atoms with Crippen molar-refractivity contribution < 1.29 is 17.6 Å². The van der Waals surface area contributed by atoms with Crippen molar-refractivity contribution in [1.82, 2.24) is 20.2 Å². The number of aromatic nitrogens is 4. The third-order valence-electron chi connectivity index (χ3n) is 5.32. The van der Waals surface area contributed by atoms with Crippen LogP contribution in [0.3, 0.4) is 0 Å². The van der Waals surface area contributed by atoms with Crippen molar-refractivity contribution in [2.45, 2.75) is 52.3 Å². The number of fused-ring (bicyclic) bond motifs is 1. The number of nitrogens with zero attached hydrogens (tertiary/aromatic N) is 4. The zero-order valence-electron chi connectivity index (χ0n) is 19.3. The van der Waals surface area contributed by atoms with E-state index in [0.717, 1.165) is 22.5 Å². The summed E-state index contributed by atoms with van der Waals surface area (Å²) in [6.45, 7) is 7.20. The van der Waals surface area contributed by atoms with Crippen molar-refractivity contribution >= 4 is 28.7 Å². The summed E-state index contributed by atoms with van der Waals surface area (Å²) in [7, 11) is 0. The Labute approximate surface area is 194 Å². The molecule has 2 aromatic heterocycles. The fourth-order valence-corrected chi connectivity index (χ4v) is 3.57. The minimum absolute atomic E-state index is 0.238. The van der Waals surface area contributed by atoms with Crippen LogP contribution in [0.25, 0.3) is 5.57 Å². The molecular formula is C23H26F3N7O. The second-order valence-corrected chi connectivity index (χ2v) is 9.09. The van der Waals surface area contributed by atoms with Gasteiger partial charge in [0.15, 0.2) is 0 Å². The smallest absolute Gasteiger partial charge is 0.402 e. The molecule has 0 saturated carbocycles. The standard InChI is InChI=1S/C23H26F3N7O/c1-13-5-6-17(20-32-33-21(34-20)29-11-18-27-7-8-28-18)31-19-15(13)9-14(30-12-23(24,25)26)10-16(19)22(2,3)4/h5,7-10,30H,6,11-12H2,1-4H3,(H,27,28)(H,29,33). The van der Waals surface area contributed by atoms with Crippen LogP contribution in [0.4, 0.5) is 30.6 Å². The molecule has 1 aliphatic rings. The van der Waals surface area contributed by atoms with E-state index in [1.54, 1.807) is 24.5 Å². The van der Waals surface area contributed by atoms with Crippen LogP contribution >= 0.6 is 0 Å². The summed E-state index contributed by atoms with van der Waals surface area (Å²) in [5.41, 5.74) is 3.79. The fourth-order valence-electron chi connectivity index (χ4n) is 3.57. The number of rotatable bonds is 6. The highest BCUT2D eigenvalue weighted by atomic mass is 19.4. The SMILES string of the molecule is CC1=CCC(c2nnc(NCc3ncc[nH]3)o2)=Nc2c1cc(NCC(F)(F)F)cc2C(C)(C)C. The molecule has 0 aliphatic carbocycles. The number of alkyl halides is 3. The predicted molar refractivity (Wildman–Crippen MR) is 124 cm³/mol. The quantitative estimate of drug-likeness (QED) is 0.430. The van der Waals surface area contributed by atoms with Crippen molar-refractivity contribution in [3.8, 4) is 0 Å². The first-order valence-electron chi connectivity index (χ1n) is 10.8. The Balaban J connectivity index is 1.69. The first kappa shape index (κ1) is 23.5. The molecule has 0 unspecified atom stereocenters. The van der Waals surface area contributed by atoms with Gasteiger partial charge in [-0.3, -0.25) is 0 Å². The summed E-state index contributed by atoms with van der Waals surface area (Å²) >= 11 is 0. The van der Waals surface area contributed by atoms with Crippen LogP contribution in [0.15, 0.2) is 40.0 Å². The maximum atomic E-state index is 12.8. The molecule has 0 bridgehead atoms. The Morgan fingerprint density at radius 1 is 1.12 bits per heavy atom. The average Bonchev–Trinajstić information content (AvgIpc) is 3.41. The minimum atomic E-state index is -4.31. The lowest BCUT2D eigenvalue weighted by atomic mass is 9.83. The van der Waals surface area contributed by atoms with Crippen LogP contribution in [-0.4, -0.2) is 38.6 Å². The van der Waals surface area contributed by atoms with Crippen LogP contribution < -0.4 is 10.6 Å². The number of hydrogen-bond donors (Lipinski definition) is 3. The third-order valence-corrected chi connectivity index (χ3v) is 5.32. The number of allylic oxidation sites excluding steroid dienone is 2. The maximum absolute atomic E-state index is 12.8. The Morgan fingerprint density at radius 2 is 1.91 bits per heavy atom. The van der Waals surface area contributed by atoms with Crippen LogP contribution in [-0.2, 0) is 12.0 Å². The van der Waals surface area contributed by atoms with E-state index in [1.165, 1.54) is 0 Å². The van der Waals surface area contributed by atoms with Gasteiger partial charge in [-0.1, -0.05) is 31.9 Å². The van der Waals surface area contributed by atoms with Gasteiger partial charge >= 0.3 is 12.2 Å². The van der Waals surface area contributed by atoms with E-state index < -0.39 is 12.7 Å². The summed E-state index contributed by atoms with van der Waals surface area (Å²) in [5.74, 6) is 1.00. The van der Waals surface area contributed by atoms with Gasteiger partial charge in [-0.05, 0) is 35.6 Å². The number of H-pyrrole nitrogens is 1. The topological polar surface area (TPSA) is 104 Å². The van der Waals surface area contributed by atoms with Crippen molar-refractivity contribution in [2.75, 3.05) is 17.2 Å². The van der Waals surface area contributed by atoms with E-state index in [0.29, 0.717) is 30.1 Å². The van der Waals surface area contributed by atoms with E-state index in [9.17, 15) is 13.2 Å². The molecule has 11 heteroatoms. The highest BCUT2D eigenvalue weighted by Crippen LogP contribution is 2.42. The van der Waals surface area contributed by atoms with Crippen LogP contribution in [0.1, 0.15) is 57.0 Å². The molecule has 0 atom stereocenters. The summed E-state index contributed by atoms with van der Waals surface area (Å²) in [4.78, 5) is 12.0. The van der Waals surface area contributed by atoms with E-state index >= 15 is 0 Å². The molecular weight excluding hydrogens is 447 g/mol. The molecule has 3 heterocycles. The number of halogens is 3. The van der Waals surface area contributed by atoms with Gasteiger partial charge < -0.3 is 20.0 Å². The molecule has 1 aromatic carbocycles. The molecule has 0 radical (unpaired) electrons. The lowest BCUT2D eigenvalue weighted by molar-refractivity contribution is -0.115. The van der Waals surface area contributed by atoms with E-state index in [1.807, 2.05) is 33.8 Å². The monoisotopic (exact) mass is 473 g/mol. The van der Waals surface area contributed by atoms with Gasteiger partial charge in [0.1, 0.15) is 18.1 Å². The maximum Gasteiger partial charge on any atom is 0.405 e. The van der Waals surface area contributed by atoms with Gasteiger partial charge in [-0.25, -0.2) is 9.98 Å². The molecule has 34 heavy (non-hydrogen) atoms. The second-order valence-electron chi connectivity index (χ2n) is 9.09. The number of benzene rings is 1. The number of aliphatic imine (C=N–C) groups is 1. The first-order chi connectivity index (χ1) is 16.0. The number of nitrogens with one attached hydrogen (secondary N) is 3. The highest BCUT2D eigenvalue weighted by Gasteiger charge is 2.29. The summed E-state index contributed by atoms with van der Waals surface area (Å²) in [6.07, 6.45) is 1.46. The molecule has 1 aliphatic heterocycles. The molecule has 0 spiro atoms. The van der Waals surface area contributed by atoms with Gasteiger partial charge in [0, 0.05) is 30.1 Å². The van der Waals surface area contributed by atoms with Gasteiger partial charge in [-0.2, -0.15) is 13.2 Å². The molecule has 3 aromatic rings. The summed E-state index contributed by atoms with van der Waals surface area (Å²) in [5, 5.41) is 13.7. The lowest BCUT2D eigenvalue weighted by Crippen LogP contribution is -2.22. The van der Waals surface area contributed by atoms with Gasteiger partial charge in [0.25, 0.3) is 5.89 Å². The number of aromatic amines is 1. The molecule has 180 valence electrons. The molecule has 0 saturated heterocycles. The average molecular weight is 474 g/mol. The first-order valence-corrected chi connectivity index (χ1v) is 10.8. The lowest BCUT2D eigenvalue weighted by Gasteiger charge is -2.25. The third kappa shape index (κ3) is 5.46. The molecule has 4 rings (SSSR count). The highest BCUT2D eigenvalue weighted by molar-refractivity contribution is 6.02. The zero-order valence-corrected chi connectivity index (χ0v) is 19.3. The van der Waals surface area contributed by atoms with Crippen LogP contribution in [0.5, 0.6) is 0 Å². The molecule has 3 N–H and O–H groups in total. The van der Waals surface area contributed by atoms with Crippen molar-refractivity contribution in [2.24, 2.45) is 4.99 Å². The number of imidazole rings is 1. The summed E-state index contributed by atoms with van der Waals surface area (Å²) in [6, 6.07) is 3.68. The Kier molecular flexibility index (Phi) is 6.20. The van der Waals surface area contributed by atoms with Crippen molar-refractivity contribution in [3.63, 3.8) is 0 Å². The van der Waals surface area contributed by atoms with Crippen LogP contribution in [0.2, 0.25) is 0 Å². The number of anilines is 2. The normalized spacial score (nSPS) is 14.2.